The first-order valence-corrected chi connectivity index (χ1v) is 16.9. The van der Waals surface area contributed by atoms with Crippen LogP contribution in [0.5, 0.6) is 5.75 Å². The van der Waals surface area contributed by atoms with Crippen LogP contribution >= 0.6 is 11.6 Å². The van der Waals surface area contributed by atoms with Crippen molar-refractivity contribution in [1.29, 1.82) is 0 Å². The van der Waals surface area contributed by atoms with Crippen molar-refractivity contribution in [2.45, 2.75) is 134 Å². The monoisotopic (exact) mass is 653 g/mol. The lowest BCUT2D eigenvalue weighted by Crippen LogP contribution is -2.55. The Hall–Kier alpha value is -1.19. The minimum absolute atomic E-state index is 0.0357. The van der Waals surface area contributed by atoms with Crippen LogP contribution in [0.15, 0.2) is 12.1 Å². The molecule has 0 radical (unpaired) electrons. The lowest BCUT2D eigenvalue weighted by Gasteiger charge is -2.56. The van der Waals surface area contributed by atoms with Gasteiger partial charge in [0.05, 0.1) is 10.6 Å². The summed E-state index contributed by atoms with van der Waals surface area (Å²) in [5.74, 6) is -4.27. The van der Waals surface area contributed by atoms with Gasteiger partial charge in [0.1, 0.15) is 11.9 Å². The van der Waals surface area contributed by atoms with Crippen LogP contribution in [0.25, 0.3) is 0 Å². The number of benzene rings is 1. The molecule has 44 heavy (non-hydrogen) atoms. The molecule has 2 saturated carbocycles. The highest BCUT2D eigenvalue weighted by Gasteiger charge is 2.64. The van der Waals surface area contributed by atoms with Crippen molar-refractivity contribution in [3.63, 3.8) is 0 Å². The highest BCUT2D eigenvalue weighted by atomic mass is 35.5. The van der Waals surface area contributed by atoms with Gasteiger partial charge < -0.3 is 15.1 Å². The SMILES string of the molecule is CN(CCCCCCCC(F)(F)C(F)(F)F)CCCCCC1Cc2c(ccc(O)c2Cl)C2C(F)CC3(C)C(CCC3(C)O)C12. The van der Waals surface area contributed by atoms with Crippen molar-refractivity contribution < 1.29 is 36.6 Å². The van der Waals surface area contributed by atoms with Gasteiger partial charge in [0.25, 0.3) is 0 Å². The number of halogens is 7. The number of unbranched alkanes of at least 4 members (excludes halogenated alkanes) is 6. The van der Waals surface area contributed by atoms with E-state index in [-0.39, 0.29) is 35.8 Å². The number of hydrogen-bond acceptors (Lipinski definition) is 3. The summed E-state index contributed by atoms with van der Waals surface area (Å²) in [7, 11) is 2.04. The number of hydrogen-bond donors (Lipinski definition) is 2. The predicted molar refractivity (Wildman–Crippen MR) is 162 cm³/mol. The van der Waals surface area contributed by atoms with E-state index in [0.29, 0.717) is 37.1 Å². The number of alkyl halides is 6. The molecule has 252 valence electrons. The van der Waals surface area contributed by atoms with E-state index in [2.05, 4.69) is 11.8 Å². The Labute approximate surface area is 263 Å². The summed E-state index contributed by atoms with van der Waals surface area (Å²) in [5.41, 5.74) is 0.441. The molecule has 1 aromatic rings. The van der Waals surface area contributed by atoms with E-state index < -0.39 is 35.7 Å². The van der Waals surface area contributed by atoms with Crippen LogP contribution in [0.2, 0.25) is 5.02 Å². The van der Waals surface area contributed by atoms with Gasteiger partial charge in [0.15, 0.2) is 0 Å². The van der Waals surface area contributed by atoms with Gasteiger partial charge in [0.2, 0.25) is 0 Å². The van der Waals surface area contributed by atoms with Crippen LogP contribution < -0.4 is 0 Å². The second kappa shape index (κ2) is 13.9. The van der Waals surface area contributed by atoms with Crippen molar-refractivity contribution in [2.75, 3.05) is 20.1 Å². The second-order valence-electron chi connectivity index (χ2n) is 14.5. The lowest BCUT2D eigenvalue weighted by molar-refractivity contribution is -0.284. The van der Waals surface area contributed by atoms with Crippen molar-refractivity contribution >= 4 is 11.6 Å². The molecule has 0 spiro atoms. The van der Waals surface area contributed by atoms with Gasteiger partial charge in [-0.3, -0.25) is 0 Å². The van der Waals surface area contributed by atoms with Crippen molar-refractivity contribution in [3.05, 3.63) is 28.3 Å². The van der Waals surface area contributed by atoms with Gasteiger partial charge in [-0.05, 0) is 113 Å². The summed E-state index contributed by atoms with van der Waals surface area (Å²) < 4.78 is 78.9. The maximum absolute atomic E-state index is 16.1. The fourth-order valence-electron chi connectivity index (χ4n) is 8.79. The topological polar surface area (TPSA) is 43.7 Å². The number of nitrogens with zero attached hydrogens (tertiary/aromatic N) is 1. The summed E-state index contributed by atoms with van der Waals surface area (Å²) in [5, 5.41) is 22.0. The lowest BCUT2D eigenvalue weighted by atomic mass is 9.50. The molecule has 0 aliphatic heterocycles. The number of fused-ring (bicyclic) bond motifs is 5. The Balaban J connectivity index is 1.24. The molecule has 3 aliphatic carbocycles. The summed E-state index contributed by atoms with van der Waals surface area (Å²) in [6.45, 7) is 5.71. The molecule has 4 rings (SSSR count). The van der Waals surface area contributed by atoms with Crippen LogP contribution in [0.3, 0.4) is 0 Å². The van der Waals surface area contributed by atoms with Gasteiger partial charge in [-0.25, -0.2) is 4.39 Å². The Morgan fingerprint density at radius 3 is 2.23 bits per heavy atom. The third-order valence-corrected chi connectivity index (χ3v) is 12.0. The molecule has 2 N–H and O–H groups in total. The first-order chi connectivity index (χ1) is 20.5. The smallest absolute Gasteiger partial charge is 0.453 e. The zero-order chi connectivity index (χ0) is 32.5. The standard InChI is InChI=1S/C34H50ClF6NO2/c1-31-21-26(36)29-23-13-14-27(43)30(35)24(23)20-22(28(29)25(31)15-17-32(31,2)44)12-8-7-11-19-42(3)18-10-6-4-5-9-16-33(37,38)34(39,40)41/h13-14,22,25-26,28-29,43-44H,4-12,15-21H2,1-3H3. The summed E-state index contributed by atoms with van der Waals surface area (Å²) in [6.07, 6.45) is 1.42. The van der Waals surface area contributed by atoms with Crippen LogP contribution in [-0.4, -0.2) is 59.1 Å². The molecule has 10 heteroatoms. The minimum atomic E-state index is -5.47. The van der Waals surface area contributed by atoms with Crippen LogP contribution in [-0.2, 0) is 6.42 Å². The predicted octanol–water partition coefficient (Wildman–Crippen LogP) is 9.86. The van der Waals surface area contributed by atoms with Crippen LogP contribution in [0, 0.1) is 23.2 Å². The molecule has 0 saturated heterocycles. The Bertz CT molecular complexity index is 1110. The second-order valence-corrected chi connectivity index (χ2v) is 14.8. The van der Waals surface area contributed by atoms with E-state index in [0.717, 1.165) is 69.2 Å². The van der Waals surface area contributed by atoms with Crippen LogP contribution in [0.1, 0.15) is 114 Å². The highest BCUT2D eigenvalue weighted by molar-refractivity contribution is 6.32. The average Bonchev–Trinajstić information content (AvgIpc) is 3.17. The number of aliphatic hydroxyl groups is 1. The molecule has 3 aliphatic rings. The fraction of sp³-hybridized carbons (Fsp3) is 0.824. The number of rotatable bonds is 14. The maximum atomic E-state index is 16.1. The van der Waals surface area contributed by atoms with E-state index in [1.165, 1.54) is 0 Å². The molecule has 7 unspecified atom stereocenters. The van der Waals surface area contributed by atoms with Crippen LogP contribution in [0.4, 0.5) is 26.3 Å². The highest BCUT2D eigenvalue weighted by Crippen LogP contribution is 2.66. The van der Waals surface area contributed by atoms with E-state index in [1.807, 2.05) is 20.0 Å². The van der Waals surface area contributed by atoms with Gasteiger partial charge in [-0.2, -0.15) is 22.0 Å². The zero-order valence-electron chi connectivity index (χ0n) is 26.3. The molecule has 2 fully saturated rings. The molecule has 0 aromatic heterocycles. The maximum Gasteiger partial charge on any atom is 0.453 e. The summed E-state index contributed by atoms with van der Waals surface area (Å²) >= 11 is 6.58. The van der Waals surface area contributed by atoms with E-state index in [4.69, 9.17) is 11.6 Å². The molecule has 7 atom stereocenters. The van der Waals surface area contributed by atoms with Crippen molar-refractivity contribution in [2.24, 2.45) is 23.2 Å². The molecule has 3 nitrogen and oxygen atoms in total. The number of phenolic OH excluding ortho intramolecular Hbond substituents is 1. The van der Waals surface area contributed by atoms with Gasteiger partial charge in [0, 0.05) is 17.8 Å². The molecular formula is C34H50ClF6NO2. The zero-order valence-corrected chi connectivity index (χ0v) is 27.1. The molecular weight excluding hydrogens is 604 g/mol. The summed E-state index contributed by atoms with van der Waals surface area (Å²) in [6, 6.07) is 3.44. The Morgan fingerprint density at radius 1 is 0.955 bits per heavy atom. The molecule has 1 aromatic carbocycles. The first kappa shape index (κ1) is 35.7. The van der Waals surface area contributed by atoms with Gasteiger partial charge in [-0.1, -0.05) is 56.7 Å². The number of phenols is 1. The van der Waals surface area contributed by atoms with Crippen molar-refractivity contribution in [1.82, 2.24) is 4.90 Å². The van der Waals surface area contributed by atoms with Crippen molar-refractivity contribution in [3.8, 4) is 5.75 Å². The van der Waals surface area contributed by atoms with Gasteiger partial charge >= 0.3 is 12.1 Å². The average molecular weight is 654 g/mol. The largest absolute Gasteiger partial charge is 0.506 e. The Morgan fingerprint density at radius 2 is 1.57 bits per heavy atom. The third kappa shape index (κ3) is 7.35. The minimum Gasteiger partial charge on any atom is -0.506 e. The van der Waals surface area contributed by atoms with Gasteiger partial charge in [-0.15, -0.1) is 0 Å². The molecule has 0 bridgehead atoms. The van der Waals surface area contributed by atoms with E-state index >= 15 is 4.39 Å². The summed E-state index contributed by atoms with van der Waals surface area (Å²) in [4.78, 5) is 2.23. The fourth-order valence-corrected chi connectivity index (χ4v) is 9.04. The quantitative estimate of drug-likeness (QED) is 0.155. The molecule has 0 heterocycles. The number of aromatic hydroxyl groups is 1. The first-order valence-electron chi connectivity index (χ1n) is 16.5. The third-order valence-electron chi connectivity index (χ3n) is 11.6. The molecule has 0 amide bonds. The van der Waals surface area contributed by atoms with E-state index in [1.54, 1.807) is 6.07 Å². The van der Waals surface area contributed by atoms with E-state index in [9.17, 15) is 32.2 Å². The normalized spacial score (nSPS) is 32.0. The Kier molecular flexibility index (Phi) is 11.3.